The Morgan fingerprint density at radius 2 is 1.44 bits per heavy atom. The fraction of sp³-hybridized carbons (Fsp3) is 1.00. The molecule has 0 saturated heterocycles. The average molecular weight is 256 g/mol. The maximum atomic E-state index is 12.5. The minimum Gasteiger partial charge on any atom is -0.373 e. The molecule has 0 aliphatic carbocycles. The number of rotatable bonds is 7. The van der Waals surface area contributed by atoms with Crippen molar-refractivity contribution in [3.63, 3.8) is 0 Å². The van der Waals surface area contributed by atoms with E-state index in [-0.39, 0.29) is 13.5 Å². The number of hydrogen-bond acceptors (Lipinski definition) is 3. The van der Waals surface area contributed by atoms with Gasteiger partial charge in [0.25, 0.3) is 0 Å². The van der Waals surface area contributed by atoms with Gasteiger partial charge in [-0.25, -0.2) is 9.47 Å². The second-order valence-electron chi connectivity index (χ2n) is 2.75. The molecule has 0 rings (SSSR count). The molecule has 0 aliphatic heterocycles. The van der Waals surface area contributed by atoms with E-state index < -0.39 is 25.1 Å². The molecule has 0 amide bonds. The molecular weight excluding hydrogens is 246 g/mol. The van der Waals surface area contributed by atoms with Crippen molar-refractivity contribution in [1.82, 2.24) is 0 Å². The van der Waals surface area contributed by atoms with Crippen LogP contribution in [0, 0.1) is 0 Å². The SMILES string of the molecule is CCOCC(F)(F)OC(F)(F)OC(C)(F)F. The lowest BCUT2D eigenvalue weighted by atomic mass is 10.6. The molecule has 3 nitrogen and oxygen atoms in total. The first-order chi connectivity index (χ1) is 6.97. The molecule has 98 valence electrons. The van der Waals surface area contributed by atoms with Crippen molar-refractivity contribution in [3.8, 4) is 0 Å². The van der Waals surface area contributed by atoms with E-state index in [0.29, 0.717) is 0 Å². The first-order valence-electron chi connectivity index (χ1n) is 4.09. The largest absolute Gasteiger partial charge is 0.494 e. The summed E-state index contributed by atoms with van der Waals surface area (Å²) in [6.45, 7) is -0.358. The predicted molar refractivity (Wildman–Crippen MR) is 39.2 cm³/mol. The van der Waals surface area contributed by atoms with Crippen LogP contribution in [0.3, 0.4) is 0 Å². The van der Waals surface area contributed by atoms with E-state index in [1.807, 2.05) is 0 Å². The van der Waals surface area contributed by atoms with Crippen LogP contribution in [0.1, 0.15) is 13.8 Å². The molecule has 0 atom stereocenters. The van der Waals surface area contributed by atoms with Crippen molar-refractivity contribution in [2.24, 2.45) is 0 Å². The minimum absolute atomic E-state index is 0.0368. The smallest absolute Gasteiger partial charge is 0.373 e. The quantitative estimate of drug-likeness (QED) is 0.517. The second-order valence-corrected chi connectivity index (χ2v) is 2.75. The van der Waals surface area contributed by atoms with Gasteiger partial charge >= 0.3 is 18.5 Å². The topological polar surface area (TPSA) is 27.7 Å². The van der Waals surface area contributed by atoms with E-state index in [1.54, 1.807) is 0 Å². The van der Waals surface area contributed by atoms with E-state index in [9.17, 15) is 26.3 Å². The van der Waals surface area contributed by atoms with Gasteiger partial charge in [0.1, 0.15) is 6.61 Å². The van der Waals surface area contributed by atoms with Crippen LogP contribution >= 0.6 is 0 Å². The Labute approximate surface area is 87.3 Å². The number of alkyl halides is 6. The fourth-order valence-electron chi connectivity index (χ4n) is 0.654. The first kappa shape index (κ1) is 15.5. The predicted octanol–water partition coefficient (Wildman–Crippen LogP) is 2.81. The van der Waals surface area contributed by atoms with E-state index in [4.69, 9.17) is 0 Å². The van der Waals surface area contributed by atoms with Crippen LogP contribution < -0.4 is 0 Å². The molecule has 0 aromatic heterocycles. The third-order valence-electron chi connectivity index (χ3n) is 1.04. The van der Waals surface area contributed by atoms with E-state index in [1.165, 1.54) is 6.92 Å². The number of hydrogen-bond donors (Lipinski definition) is 0. The second kappa shape index (κ2) is 5.19. The fourth-order valence-corrected chi connectivity index (χ4v) is 0.654. The molecule has 0 aromatic rings. The van der Waals surface area contributed by atoms with Crippen molar-refractivity contribution in [2.75, 3.05) is 13.2 Å². The summed E-state index contributed by atoms with van der Waals surface area (Å²) in [4.78, 5) is 0. The zero-order valence-electron chi connectivity index (χ0n) is 8.41. The molecule has 0 N–H and O–H groups in total. The van der Waals surface area contributed by atoms with E-state index in [2.05, 4.69) is 14.2 Å². The Bertz CT molecular complexity index is 215. The molecule has 0 spiro atoms. The van der Waals surface area contributed by atoms with Crippen LogP contribution in [0.25, 0.3) is 0 Å². The molecular formula is C7H10F6O3. The molecule has 0 bridgehead atoms. The van der Waals surface area contributed by atoms with Gasteiger partial charge in [0.05, 0.1) is 0 Å². The number of ether oxygens (including phenoxy) is 3. The Morgan fingerprint density at radius 1 is 0.938 bits per heavy atom. The highest BCUT2D eigenvalue weighted by molar-refractivity contribution is 4.53. The van der Waals surface area contributed by atoms with Gasteiger partial charge in [-0.1, -0.05) is 0 Å². The average Bonchev–Trinajstić information content (AvgIpc) is 1.93. The lowest BCUT2D eigenvalue weighted by Crippen LogP contribution is -2.41. The third kappa shape index (κ3) is 7.71. The van der Waals surface area contributed by atoms with Gasteiger partial charge in [0.15, 0.2) is 0 Å². The van der Waals surface area contributed by atoms with Gasteiger partial charge in [-0.15, -0.1) is 8.78 Å². The summed E-state index contributed by atoms with van der Waals surface area (Å²) in [5.41, 5.74) is 0. The monoisotopic (exact) mass is 256 g/mol. The van der Waals surface area contributed by atoms with Gasteiger partial charge in [-0.3, -0.25) is 0 Å². The lowest BCUT2D eigenvalue weighted by Gasteiger charge is -2.24. The standard InChI is InChI=1S/C7H10F6O3/c1-3-14-4-6(10,11)16-7(12,13)15-5(2,8)9/h3-4H2,1-2H3. The molecule has 0 unspecified atom stereocenters. The summed E-state index contributed by atoms with van der Waals surface area (Å²) in [5, 5.41) is 0. The van der Waals surface area contributed by atoms with Crippen molar-refractivity contribution >= 4 is 0 Å². The maximum absolute atomic E-state index is 12.5. The van der Waals surface area contributed by atoms with Crippen molar-refractivity contribution in [3.05, 3.63) is 0 Å². The van der Waals surface area contributed by atoms with Gasteiger partial charge in [0, 0.05) is 13.5 Å². The van der Waals surface area contributed by atoms with Gasteiger partial charge < -0.3 is 4.74 Å². The Kier molecular flexibility index (Phi) is 5.02. The normalized spacial score (nSPS) is 14.2. The Morgan fingerprint density at radius 3 is 1.81 bits per heavy atom. The highest BCUT2D eigenvalue weighted by atomic mass is 19.3. The summed E-state index contributed by atoms with van der Waals surface area (Å²) >= 11 is 0. The highest BCUT2D eigenvalue weighted by Crippen LogP contribution is 2.32. The summed E-state index contributed by atoms with van der Waals surface area (Å²) in [5.74, 6) is 0. The molecule has 0 aromatic carbocycles. The third-order valence-corrected chi connectivity index (χ3v) is 1.04. The molecule has 0 aliphatic rings. The minimum atomic E-state index is -5.11. The van der Waals surface area contributed by atoms with Gasteiger partial charge in [-0.05, 0) is 6.92 Å². The number of halogens is 6. The lowest BCUT2D eigenvalue weighted by molar-refractivity contribution is -0.513. The van der Waals surface area contributed by atoms with Crippen molar-refractivity contribution in [2.45, 2.75) is 32.4 Å². The van der Waals surface area contributed by atoms with E-state index in [0.717, 1.165) is 0 Å². The molecule has 0 saturated carbocycles. The van der Waals surface area contributed by atoms with Crippen molar-refractivity contribution in [1.29, 1.82) is 0 Å². The van der Waals surface area contributed by atoms with Crippen LogP contribution in [0.2, 0.25) is 0 Å². The summed E-state index contributed by atoms with van der Waals surface area (Å²) in [6.07, 6.45) is -13.8. The van der Waals surface area contributed by atoms with Crippen LogP contribution in [0.4, 0.5) is 26.3 Å². The Hall–Kier alpha value is -0.540. The van der Waals surface area contributed by atoms with Gasteiger partial charge in [-0.2, -0.15) is 17.6 Å². The Balaban J connectivity index is 4.33. The summed E-state index contributed by atoms with van der Waals surface area (Å²) < 4.78 is 83.4. The molecule has 0 fully saturated rings. The molecule has 9 heteroatoms. The van der Waals surface area contributed by atoms with Gasteiger partial charge in [0.2, 0.25) is 0 Å². The summed E-state index contributed by atoms with van der Waals surface area (Å²) in [7, 11) is 0. The van der Waals surface area contributed by atoms with Crippen LogP contribution in [0.15, 0.2) is 0 Å². The molecule has 0 radical (unpaired) electrons. The zero-order valence-corrected chi connectivity index (χ0v) is 8.41. The molecule has 0 heterocycles. The van der Waals surface area contributed by atoms with Crippen LogP contribution in [-0.4, -0.2) is 31.7 Å². The van der Waals surface area contributed by atoms with Crippen molar-refractivity contribution < 1.29 is 40.6 Å². The van der Waals surface area contributed by atoms with E-state index >= 15 is 0 Å². The first-order valence-corrected chi connectivity index (χ1v) is 4.09. The summed E-state index contributed by atoms with van der Waals surface area (Å²) in [6, 6.07) is 0. The van der Waals surface area contributed by atoms with Crippen LogP contribution in [-0.2, 0) is 14.2 Å². The van der Waals surface area contributed by atoms with Crippen LogP contribution in [0.5, 0.6) is 0 Å². The highest BCUT2D eigenvalue weighted by Gasteiger charge is 2.50. The maximum Gasteiger partial charge on any atom is 0.494 e. The zero-order chi connectivity index (χ0) is 13.0. The molecule has 16 heavy (non-hydrogen) atoms.